The highest BCUT2D eigenvalue weighted by molar-refractivity contribution is 14.1. The van der Waals surface area contributed by atoms with Gasteiger partial charge in [-0.2, -0.15) is 0 Å². The van der Waals surface area contributed by atoms with Crippen LogP contribution in [0.5, 0.6) is 0 Å². The van der Waals surface area contributed by atoms with Gasteiger partial charge in [0.2, 0.25) is 0 Å². The minimum Gasteiger partial charge on any atom is -0.392 e. The number of aliphatic hydroxyl groups is 1. The van der Waals surface area contributed by atoms with Gasteiger partial charge in [0.25, 0.3) is 0 Å². The van der Waals surface area contributed by atoms with Gasteiger partial charge in [-0.25, -0.2) is 3.11 Å². The highest BCUT2D eigenvalue weighted by atomic mass is 127. The van der Waals surface area contributed by atoms with Gasteiger partial charge in [-0.05, 0) is 19.3 Å². The zero-order valence-electron chi connectivity index (χ0n) is 5.89. The van der Waals surface area contributed by atoms with Gasteiger partial charge in [-0.15, -0.1) is 0 Å². The lowest BCUT2D eigenvalue weighted by Gasteiger charge is -2.32. The van der Waals surface area contributed by atoms with Gasteiger partial charge < -0.3 is 5.11 Å². The van der Waals surface area contributed by atoms with Crippen LogP contribution in [0.1, 0.15) is 19.3 Å². The van der Waals surface area contributed by atoms with Crippen LogP contribution in [0.2, 0.25) is 0 Å². The third-order valence-corrected chi connectivity index (χ3v) is 3.55. The van der Waals surface area contributed by atoms with Crippen molar-refractivity contribution in [2.45, 2.75) is 25.4 Å². The van der Waals surface area contributed by atoms with Crippen molar-refractivity contribution in [3.63, 3.8) is 0 Å². The summed E-state index contributed by atoms with van der Waals surface area (Å²) in [6.07, 6.45) is 3.46. The van der Waals surface area contributed by atoms with Gasteiger partial charge in [0.05, 0.1) is 6.10 Å². The Balaban J connectivity index is 2.03. The minimum atomic E-state index is -0.00137. The number of nitrogens with zero attached hydrogens (tertiary/aromatic N) is 1. The maximum Gasteiger partial charge on any atom is 0.0621 e. The van der Waals surface area contributed by atoms with E-state index in [2.05, 4.69) is 26.0 Å². The minimum absolute atomic E-state index is 0.00137. The van der Waals surface area contributed by atoms with Crippen LogP contribution in [-0.4, -0.2) is 27.4 Å². The molecular formula is C7H12INO. The molecule has 10 heavy (non-hydrogen) atoms. The molecule has 1 saturated carbocycles. The summed E-state index contributed by atoms with van der Waals surface area (Å²) >= 11 is 2.35. The normalized spacial score (nSPS) is 38.4. The predicted molar refractivity (Wildman–Crippen MR) is 47.9 cm³/mol. The first kappa shape index (κ1) is 7.31. The lowest BCUT2D eigenvalue weighted by atomic mass is 9.93. The van der Waals surface area contributed by atoms with Crippen LogP contribution in [-0.2, 0) is 0 Å². The van der Waals surface area contributed by atoms with Gasteiger partial charge in [-0.3, -0.25) is 0 Å². The van der Waals surface area contributed by atoms with Crippen LogP contribution in [0.4, 0.5) is 0 Å². The van der Waals surface area contributed by atoms with E-state index in [9.17, 15) is 5.11 Å². The van der Waals surface area contributed by atoms with E-state index in [1.54, 1.807) is 0 Å². The van der Waals surface area contributed by atoms with Crippen molar-refractivity contribution in [3.05, 3.63) is 0 Å². The van der Waals surface area contributed by atoms with Crippen LogP contribution in [0.3, 0.4) is 0 Å². The van der Waals surface area contributed by atoms with Crippen molar-refractivity contribution in [2.75, 3.05) is 13.1 Å². The van der Waals surface area contributed by atoms with E-state index >= 15 is 0 Å². The number of halogens is 1. The van der Waals surface area contributed by atoms with Gasteiger partial charge in [0, 0.05) is 41.4 Å². The van der Waals surface area contributed by atoms with Crippen molar-refractivity contribution in [3.8, 4) is 0 Å². The fraction of sp³-hybridized carbons (Fsp3) is 1.00. The quantitative estimate of drug-likeness (QED) is 0.517. The molecule has 1 unspecified atom stereocenters. The third kappa shape index (κ3) is 1.08. The maximum absolute atomic E-state index is 9.59. The van der Waals surface area contributed by atoms with E-state index in [1.807, 2.05) is 0 Å². The standard InChI is InChI=1S/C7H12INO/c8-9-4-1-6(10)7(5-9)2-3-7/h6,10H,1-5H2. The molecule has 58 valence electrons. The van der Waals surface area contributed by atoms with Crippen molar-refractivity contribution < 1.29 is 5.11 Å². The van der Waals surface area contributed by atoms with Gasteiger partial charge >= 0.3 is 0 Å². The Bertz CT molecular complexity index is 147. The zero-order valence-corrected chi connectivity index (χ0v) is 8.04. The first-order chi connectivity index (χ1) is 4.73. The molecule has 2 nitrogen and oxygen atoms in total. The molecule has 1 heterocycles. The number of rotatable bonds is 0. The molecule has 0 bridgehead atoms. The summed E-state index contributed by atoms with van der Waals surface area (Å²) < 4.78 is 2.30. The number of hydrogen-bond donors (Lipinski definition) is 1. The Morgan fingerprint density at radius 1 is 1.50 bits per heavy atom. The van der Waals surface area contributed by atoms with Crippen LogP contribution in [0.15, 0.2) is 0 Å². The van der Waals surface area contributed by atoms with Gasteiger partial charge in [0.15, 0.2) is 0 Å². The Morgan fingerprint density at radius 3 is 2.70 bits per heavy atom. The van der Waals surface area contributed by atoms with Gasteiger partial charge in [-0.1, -0.05) is 0 Å². The average Bonchev–Trinajstić information content (AvgIpc) is 2.62. The van der Waals surface area contributed by atoms with Crippen molar-refractivity contribution in [2.24, 2.45) is 5.41 Å². The molecule has 0 radical (unpaired) electrons. The molecule has 0 aromatic heterocycles. The SMILES string of the molecule is OC1CCN(I)CC12CC2. The van der Waals surface area contributed by atoms with Crippen molar-refractivity contribution >= 4 is 22.9 Å². The number of aliphatic hydroxyl groups excluding tert-OH is 1. The Hall–Kier alpha value is 0.650. The summed E-state index contributed by atoms with van der Waals surface area (Å²) in [6, 6.07) is 0. The summed E-state index contributed by atoms with van der Waals surface area (Å²) in [5.74, 6) is 0. The number of piperidine rings is 1. The smallest absolute Gasteiger partial charge is 0.0621 e. The lowest BCUT2D eigenvalue weighted by molar-refractivity contribution is 0.0463. The summed E-state index contributed by atoms with van der Waals surface area (Å²) in [7, 11) is 0. The fourth-order valence-corrected chi connectivity index (χ4v) is 2.70. The van der Waals surface area contributed by atoms with Crippen LogP contribution in [0, 0.1) is 5.41 Å². The van der Waals surface area contributed by atoms with E-state index < -0.39 is 0 Å². The third-order valence-electron chi connectivity index (χ3n) is 2.73. The summed E-state index contributed by atoms with van der Waals surface area (Å²) in [5.41, 5.74) is 0.333. The molecule has 3 heteroatoms. The highest BCUT2D eigenvalue weighted by Gasteiger charge is 2.51. The van der Waals surface area contributed by atoms with Crippen LogP contribution in [0.25, 0.3) is 0 Å². The largest absolute Gasteiger partial charge is 0.392 e. The first-order valence-corrected chi connectivity index (χ1v) is 4.78. The molecule has 1 spiro atoms. The van der Waals surface area contributed by atoms with Crippen LogP contribution < -0.4 is 0 Å². The monoisotopic (exact) mass is 253 g/mol. The molecule has 1 aliphatic carbocycles. The first-order valence-electron chi connectivity index (χ1n) is 3.82. The molecule has 0 aromatic rings. The van der Waals surface area contributed by atoms with Gasteiger partial charge in [0.1, 0.15) is 0 Å². The molecule has 0 amide bonds. The molecule has 0 aromatic carbocycles. The average molecular weight is 253 g/mol. The number of hydrogen-bond acceptors (Lipinski definition) is 2. The summed E-state index contributed by atoms with van der Waals surface area (Å²) in [4.78, 5) is 0. The van der Waals surface area contributed by atoms with E-state index in [1.165, 1.54) is 12.8 Å². The predicted octanol–water partition coefficient (Wildman–Crippen LogP) is 1.18. The van der Waals surface area contributed by atoms with E-state index in [-0.39, 0.29) is 6.10 Å². The molecule has 1 N–H and O–H groups in total. The zero-order chi connectivity index (χ0) is 7.19. The molecule has 2 fully saturated rings. The molecular weight excluding hydrogens is 241 g/mol. The Labute approximate surface area is 75.1 Å². The molecule has 1 atom stereocenters. The second kappa shape index (κ2) is 2.32. The molecule has 2 aliphatic rings. The second-order valence-electron chi connectivity index (χ2n) is 3.51. The topological polar surface area (TPSA) is 23.5 Å². The van der Waals surface area contributed by atoms with E-state index in [0.29, 0.717) is 5.41 Å². The van der Waals surface area contributed by atoms with Crippen molar-refractivity contribution in [1.29, 1.82) is 0 Å². The summed E-state index contributed by atoms with van der Waals surface area (Å²) in [5, 5.41) is 9.59. The Morgan fingerprint density at radius 2 is 2.20 bits per heavy atom. The maximum atomic E-state index is 9.59. The molecule has 2 rings (SSSR count). The fourth-order valence-electron chi connectivity index (χ4n) is 1.75. The van der Waals surface area contributed by atoms with Crippen LogP contribution >= 0.6 is 22.9 Å². The Kier molecular flexibility index (Phi) is 1.69. The van der Waals surface area contributed by atoms with E-state index in [4.69, 9.17) is 0 Å². The lowest BCUT2D eigenvalue weighted by Crippen LogP contribution is -2.39. The highest BCUT2D eigenvalue weighted by Crippen LogP contribution is 2.52. The molecule has 1 aliphatic heterocycles. The van der Waals surface area contributed by atoms with E-state index in [0.717, 1.165) is 19.5 Å². The van der Waals surface area contributed by atoms with Crippen molar-refractivity contribution in [1.82, 2.24) is 3.11 Å². The second-order valence-corrected chi connectivity index (χ2v) is 4.88. The molecule has 1 saturated heterocycles. The summed E-state index contributed by atoms with van der Waals surface area (Å²) in [6.45, 7) is 2.16.